The van der Waals surface area contributed by atoms with E-state index in [4.69, 9.17) is 9.98 Å². The number of nitrogens with zero attached hydrogens (tertiary/aromatic N) is 2. The van der Waals surface area contributed by atoms with Gasteiger partial charge in [-0.15, -0.1) is 0 Å². The number of hydrogen-bond donors (Lipinski definition) is 2. The molecule has 4 heterocycles. The van der Waals surface area contributed by atoms with Crippen molar-refractivity contribution in [2.24, 2.45) is 9.98 Å². The minimum absolute atomic E-state index is 0.952. The lowest BCUT2D eigenvalue weighted by molar-refractivity contribution is 0.535. The Kier molecular flexibility index (Phi) is 48.9. The molecule has 2 aliphatic heterocycles. The number of aryl methyl sites for hydroxylation is 2. The molecule has 0 saturated heterocycles. The van der Waals surface area contributed by atoms with Gasteiger partial charge in [0.25, 0.3) is 0 Å². The average Bonchev–Trinajstić information content (AvgIpc) is 1.64. The Morgan fingerprint density at radius 1 is 0.241 bits per heavy atom. The average molecular weight is 1460 g/mol. The summed E-state index contributed by atoms with van der Waals surface area (Å²) in [7, 11) is 0. The second kappa shape index (κ2) is 59.5. The first kappa shape index (κ1) is 88.9. The van der Waals surface area contributed by atoms with Crippen molar-refractivity contribution < 1.29 is 0 Å². The van der Waals surface area contributed by atoms with Gasteiger partial charge in [-0.2, -0.15) is 0 Å². The number of hydrogen-bond acceptors (Lipinski definition) is 2. The number of H-pyrrole nitrogens is 2. The monoisotopic (exact) mass is 1460 g/mol. The standard InChI is InChI=1S/C104H154N4/c1-5-9-13-17-21-25-29-33-37-41-45-49-53-57-70-95-78-82-99(105-95)103(100-83-79-96(106-100)71-58-54-50-46-42-38-34-30-26-22-18-14-10-6-2)93-68-62-66-91(87-93)76-74-89-64-61-65-90(86-89)75-77-92-67-63-69-94(88-92)104(101-84-80-97(107-101)72-59-55-51-47-43-39-35-31-27-23-19-15-11-7-3)102-85-81-98(108-102)73-60-56-52-48-44-40-36-32-28-24-20-16-12-8-4/h61-69,78-88,105,107H,5-60,70-73H2,1-4H3/b103-100-,104-102+. The molecular formula is C104H154N4. The first-order chi connectivity index (χ1) is 53.5. The lowest BCUT2D eigenvalue weighted by atomic mass is 9.98. The number of allylic oxidation sites excluding steroid dienone is 4. The maximum Gasteiger partial charge on any atom is 0.0732 e. The number of aromatic amines is 2. The zero-order valence-electron chi connectivity index (χ0n) is 69.9. The fourth-order valence-electron chi connectivity index (χ4n) is 16.2. The Morgan fingerprint density at radius 3 is 0.741 bits per heavy atom. The van der Waals surface area contributed by atoms with E-state index >= 15 is 0 Å². The Morgan fingerprint density at radius 2 is 0.472 bits per heavy atom. The van der Waals surface area contributed by atoms with E-state index in [-0.39, 0.29) is 0 Å². The number of nitrogens with one attached hydrogen (secondary N) is 2. The minimum Gasteiger partial charge on any atom is -0.358 e. The van der Waals surface area contributed by atoms with Crippen LogP contribution in [0.25, 0.3) is 11.1 Å². The zero-order valence-corrected chi connectivity index (χ0v) is 69.9. The molecule has 0 saturated carbocycles. The molecule has 0 spiro atoms. The molecule has 0 amide bonds. The highest BCUT2D eigenvalue weighted by atomic mass is 14.8. The van der Waals surface area contributed by atoms with Crippen LogP contribution in [0.4, 0.5) is 0 Å². The van der Waals surface area contributed by atoms with Gasteiger partial charge in [0.2, 0.25) is 0 Å². The van der Waals surface area contributed by atoms with Crippen LogP contribution in [0.15, 0.2) is 143 Å². The van der Waals surface area contributed by atoms with Gasteiger partial charge in [0.1, 0.15) is 0 Å². The normalized spacial score (nSPS) is 13.5. The minimum atomic E-state index is 0.952. The summed E-state index contributed by atoms with van der Waals surface area (Å²) < 4.78 is 0. The van der Waals surface area contributed by atoms with Gasteiger partial charge in [-0.05, 0) is 154 Å². The Balaban J connectivity index is 0.980. The predicted octanol–water partition coefficient (Wildman–Crippen LogP) is 32.5. The topological polar surface area (TPSA) is 56.3 Å². The molecule has 0 atom stereocenters. The summed E-state index contributed by atoms with van der Waals surface area (Å²) in [6.07, 6.45) is 90.4. The van der Waals surface area contributed by atoms with E-state index in [0.29, 0.717) is 0 Å². The Bertz CT molecular complexity index is 3260. The van der Waals surface area contributed by atoms with Crippen LogP contribution in [-0.2, 0) is 12.8 Å². The molecule has 5 aromatic rings. The Labute approximate surface area is 664 Å². The molecular weight excluding hydrogens is 1310 g/mol. The summed E-state index contributed by atoms with van der Waals surface area (Å²) in [6.45, 7) is 9.24. The second-order valence-corrected chi connectivity index (χ2v) is 32.8. The molecule has 7 rings (SSSR count). The molecule has 4 heteroatoms. The molecule has 0 bridgehead atoms. The largest absolute Gasteiger partial charge is 0.358 e. The molecule has 3 aromatic carbocycles. The third kappa shape index (κ3) is 39.0. The molecule has 108 heavy (non-hydrogen) atoms. The van der Waals surface area contributed by atoms with Gasteiger partial charge in [-0.25, -0.2) is 0 Å². The molecule has 0 aliphatic carbocycles. The number of aliphatic imine (C=N–C) groups is 2. The van der Waals surface area contributed by atoms with Gasteiger partial charge >= 0.3 is 0 Å². The lowest BCUT2D eigenvalue weighted by Gasteiger charge is -2.10. The zero-order chi connectivity index (χ0) is 75.5. The van der Waals surface area contributed by atoms with Gasteiger partial charge in [0.05, 0.1) is 11.4 Å². The molecule has 0 fully saturated rings. The van der Waals surface area contributed by atoms with E-state index in [0.717, 1.165) is 93.0 Å². The van der Waals surface area contributed by atoms with Gasteiger partial charge in [0.15, 0.2) is 0 Å². The predicted molar refractivity (Wildman–Crippen MR) is 476 cm³/mol. The number of aromatic nitrogens is 2. The highest BCUT2D eigenvalue weighted by Crippen LogP contribution is 2.34. The van der Waals surface area contributed by atoms with E-state index in [1.807, 2.05) is 0 Å². The van der Waals surface area contributed by atoms with Crippen LogP contribution in [0, 0.1) is 23.7 Å². The van der Waals surface area contributed by atoms with Crippen LogP contribution in [-0.4, -0.2) is 21.4 Å². The van der Waals surface area contributed by atoms with Crippen LogP contribution in [0.1, 0.15) is 456 Å². The van der Waals surface area contributed by atoms with Crippen molar-refractivity contribution in [2.75, 3.05) is 0 Å². The molecule has 2 aromatic heterocycles. The summed E-state index contributed by atoms with van der Waals surface area (Å²) >= 11 is 0. The highest BCUT2D eigenvalue weighted by Gasteiger charge is 2.19. The molecule has 2 N–H and O–H groups in total. The third-order valence-corrected chi connectivity index (χ3v) is 23.0. The van der Waals surface area contributed by atoms with Crippen molar-refractivity contribution in [2.45, 2.75) is 413 Å². The first-order valence-corrected chi connectivity index (χ1v) is 46.2. The molecule has 2 aliphatic rings. The van der Waals surface area contributed by atoms with Crippen LogP contribution in [0.3, 0.4) is 0 Å². The van der Waals surface area contributed by atoms with Crippen LogP contribution in [0.5, 0.6) is 0 Å². The van der Waals surface area contributed by atoms with E-state index in [2.05, 4.69) is 183 Å². The highest BCUT2D eigenvalue weighted by molar-refractivity contribution is 6.02. The molecule has 0 radical (unpaired) electrons. The second-order valence-electron chi connectivity index (χ2n) is 32.8. The fraction of sp³-hybridized carbons (Fsp3) is 0.615. The van der Waals surface area contributed by atoms with Gasteiger partial charge in [-0.3, -0.25) is 9.98 Å². The fourth-order valence-corrected chi connectivity index (χ4v) is 16.2. The number of benzene rings is 3. The quantitative estimate of drug-likeness (QED) is 0.0288. The third-order valence-electron chi connectivity index (χ3n) is 23.0. The summed E-state index contributed by atoms with van der Waals surface area (Å²) in [5.41, 5.74) is 17.9. The summed E-state index contributed by atoms with van der Waals surface area (Å²) in [5, 5.41) is 0. The molecule has 590 valence electrons. The van der Waals surface area contributed by atoms with Crippen molar-refractivity contribution in [3.63, 3.8) is 0 Å². The Hall–Kier alpha value is -6.36. The smallest absolute Gasteiger partial charge is 0.0732 e. The van der Waals surface area contributed by atoms with E-state index in [9.17, 15) is 0 Å². The van der Waals surface area contributed by atoms with Crippen LogP contribution >= 0.6 is 0 Å². The molecule has 4 nitrogen and oxygen atoms in total. The van der Waals surface area contributed by atoms with Gasteiger partial charge in [0, 0.05) is 67.6 Å². The van der Waals surface area contributed by atoms with E-state index < -0.39 is 0 Å². The maximum absolute atomic E-state index is 5.38. The maximum atomic E-state index is 5.38. The van der Waals surface area contributed by atoms with Gasteiger partial charge < -0.3 is 9.97 Å². The SMILES string of the molecule is CCCCCCCCCCCCCCCCC1=N/C(=C(/c2cccc(C#Cc3cccc(C#Cc4cccc(/C(=C5/C=CC(CCCCCCCCCCCCCCCC)=N5)c5ccc(CCCCCCCCCCCCCCCC)[nH]5)c4)c3)c2)c2ccc(CCCCCCCCCCCCCCCC)[nH]2)C=C1. The van der Waals surface area contributed by atoms with Crippen molar-refractivity contribution in [1.29, 1.82) is 0 Å². The van der Waals surface area contributed by atoms with Gasteiger partial charge in [-0.1, -0.05) is 416 Å². The van der Waals surface area contributed by atoms with E-state index in [1.165, 1.54) is 382 Å². The van der Waals surface area contributed by atoms with Crippen molar-refractivity contribution in [3.05, 3.63) is 189 Å². The molecule has 0 unspecified atom stereocenters. The summed E-state index contributed by atoms with van der Waals surface area (Å²) in [6, 6.07) is 35.3. The van der Waals surface area contributed by atoms with E-state index in [1.54, 1.807) is 0 Å². The van der Waals surface area contributed by atoms with Crippen molar-refractivity contribution >= 4 is 22.6 Å². The lowest BCUT2D eigenvalue weighted by Crippen LogP contribution is -1.95. The first-order valence-electron chi connectivity index (χ1n) is 46.2. The van der Waals surface area contributed by atoms with Crippen molar-refractivity contribution in [3.8, 4) is 23.7 Å². The van der Waals surface area contributed by atoms with Crippen LogP contribution < -0.4 is 0 Å². The van der Waals surface area contributed by atoms with Crippen molar-refractivity contribution in [1.82, 2.24) is 9.97 Å². The number of rotatable bonds is 64. The van der Waals surface area contributed by atoms with Crippen LogP contribution in [0.2, 0.25) is 0 Å². The summed E-state index contributed by atoms with van der Waals surface area (Å²) in [5.74, 6) is 14.3. The number of unbranched alkanes of at least 4 members (excludes halogenated alkanes) is 52. The summed E-state index contributed by atoms with van der Waals surface area (Å²) in [4.78, 5) is 18.6.